The first-order valence-electron chi connectivity index (χ1n) is 9.19. The highest BCUT2D eigenvalue weighted by Gasteiger charge is 2.46. The Bertz CT molecular complexity index is 1150. The van der Waals surface area contributed by atoms with Gasteiger partial charge >= 0.3 is 0 Å². The topological polar surface area (TPSA) is 70.8 Å². The highest BCUT2D eigenvalue weighted by molar-refractivity contribution is 9.10. The molecule has 7 heteroatoms. The third-order valence-corrected chi connectivity index (χ3v) is 5.61. The number of likely N-dealkylation sites (tertiary alicyclic amines) is 1. The van der Waals surface area contributed by atoms with E-state index in [2.05, 4.69) is 15.9 Å². The maximum absolute atomic E-state index is 14.1. The second kappa shape index (κ2) is 7.91. The lowest BCUT2D eigenvalue weighted by atomic mass is 9.95. The monoisotopic (exact) mass is 469 g/mol. The number of rotatable bonds is 4. The Balaban J connectivity index is 1.87. The van der Waals surface area contributed by atoms with Crippen molar-refractivity contribution >= 4 is 33.4 Å². The Kier molecular flexibility index (Phi) is 5.30. The first kappa shape index (κ1) is 20.1. The van der Waals surface area contributed by atoms with Gasteiger partial charge in [0.05, 0.1) is 24.4 Å². The molecule has 2 heterocycles. The number of halogens is 2. The molecule has 1 N–H and O–H groups in total. The van der Waals surface area contributed by atoms with Crippen molar-refractivity contribution in [2.75, 3.05) is 0 Å². The zero-order chi connectivity index (χ0) is 21.4. The van der Waals surface area contributed by atoms with Gasteiger partial charge in [0.25, 0.3) is 11.7 Å². The molecule has 1 fully saturated rings. The lowest BCUT2D eigenvalue weighted by Gasteiger charge is -2.24. The number of ketones is 1. The van der Waals surface area contributed by atoms with E-state index < -0.39 is 29.3 Å². The van der Waals surface area contributed by atoms with Crippen molar-refractivity contribution in [2.24, 2.45) is 0 Å². The van der Waals surface area contributed by atoms with E-state index >= 15 is 0 Å². The Labute approximate surface area is 180 Å². The van der Waals surface area contributed by atoms with Crippen molar-refractivity contribution in [3.05, 3.63) is 99.2 Å². The van der Waals surface area contributed by atoms with E-state index in [1.807, 2.05) is 0 Å². The van der Waals surface area contributed by atoms with E-state index in [1.54, 1.807) is 43.3 Å². The van der Waals surface area contributed by atoms with E-state index in [-0.39, 0.29) is 17.7 Å². The Morgan fingerprint density at radius 3 is 2.53 bits per heavy atom. The van der Waals surface area contributed by atoms with Crippen LogP contribution in [-0.4, -0.2) is 21.7 Å². The molecule has 2 aromatic carbocycles. The number of Topliss-reactive ketones (excluding diaryl/α,β-unsaturated/α-hetero) is 1. The third kappa shape index (κ3) is 3.57. The fourth-order valence-electron chi connectivity index (χ4n) is 3.50. The maximum atomic E-state index is 14.1. The summed E-state index contributed by atoms with van der Waals surface area (Å²) in [6.45, 7) is 1.65. The van der Waals surface area contributed by atoms with Gasteiger partial charge in [0.1, 0.15) is 17.3 Å². The number of furan rings is 1. The Morgan fingerprint density at radius 2 is 1.90 bits per heavy atom. The highest BCUT2D eigenvalue weighted by atomic mass is 79.9. The molecular weight excluding hydrogens is 453 g/mol. The summed E-state index contributed by atoms with van der Waals surface area (Å²) >= 11 is 3.37. The number of carbonyl (C=O) groups excluding carboxylic acids is 2. The fraction of sp³-hybridized carbons (Fsp3) is 0.130. The molecule has 1 aliphatic rings. The Morgan fingerprint density at radius 1 is 1.17 bits per heavy atom. The molecule has 1 saturated heterocycles. The molecule has 0 saturated carbocycles. The molecule has 4 rings (SSSR count). The van der Waals surface area contributed by atoms with Crippen LogP contribution in [0.5, 0.6) is 0 Å². The first-order chi connectivity index (χ1) is 14.4. The molecule has 1 aromatic heterocycles. The molecule has 30 heavy (non-hydrogen) atoms. The summed E-state index contributed by atoms with van der Waals surface area (Å²) in [6.07, 6.45) is 1.48. The van der Waals surface area contributed by atoms with Crippen molar-refractivity contribution < 1.29 is 23.5 Å². The van der Waals surface area contributed by atoms with Crippen LogP contribution in [0.1, 0.15) is 28.5 Å². The van der Waals surface area contributed by atoms with Gasteiger partial charge in [-0.25, -0.2) is 4.39 Å². The molecule has 3 aromatic rings. The number of aryl methyl sites for hydroxylation is 1. The molecule has 5 nitrogen and oxygen atoms in total. The smallest absolute Gasteiger partial charge is 0.296 e. The van der Waals surface area contributed by atoms with Crippen molar-refractivity contribution in [3.63, 3.8) is 0 Å². The standard InChI is InChI=1S/C23H17BrFNO4/c1-13-4-5-15(11-18(13)25)21(27)19-20(14-6-8-16(24)9-7-14)26(23(29)22(19)28)12-17-3-2-10-30-17/h2-11,20,27H,12H2,1H3/b21-19+. The number of amides is 1. The summed E-state index contributed by atoms with van der Waals surface area (Å²) < 4.78 is 20.3. The molecule has 152 valence electrons. The zero-order valence-corrected chi connectivity index (χ0v) is 17.5. The number of nitrogens with zero attached hydrogens (tertiary/aromatic N) is 1. The molecule has 0 radical (unpaired) electrons. The van der Waals surface area contributed by atoms with Crippen molar-refractivity contribution in [2.45, 2.75) is 19.5 Å². The van der Waals surface area contributed by atoms with Gasteiger partial charge in [-0.3, -0.25) is 9.59 Å². The minimum atomic E-state index is -0.840. The molecule has 1 unspecified atom stereocenters. The summed E-state index contributed by atoms with van der Waals surface area (Å²) in [6, 6.07) is 13.8. The van der Waals surface area contributed by atoms with Crippen molar-refractivity contribution in [3.8, 4) is 0 Å². The number of aliphatic hydroxyl groups excluding tert-OH is 1. The summed E-state index contributed by atoms with van der Waals surface area (Å²) in [5.41, 5.74) is 1.10. The zero-order valence-electron chi connectivity index (χ0n) is 15.9. The normalized spacial score (nSPS) is 18.2. The van der Waals surface area contributed by atoms with Gasteiger partial charge in [0, 0.05) is 10.0 Å². The largest absolute Gasteiger partial charge is 0.507 e. The number of hydrogen-bond donors (Lipinski definition) is 1. The van der Waals surface area contributed by atoms with Crippen LogP contribution >= 0.6 is 15.9 Å². The minimum absolute atomic E-state index is 0.0529. The fourth-order valence-corrected chi connectivity index (χ4v) is 3.77. The predicted octanol–water partition coefficient (Wildman–Crippen LogP) is 5.11. The second-order valence-electron chi connectivity index (χ2n) is 7.02. The third-order valence-electron chi connectivity index (χ3n) is 5.08. The summed E-state index contributed by atoms with van der Waals surface area (Å²) in [7, 11) is 0. The van der Waals surface area contributed by atoms with E-state index in [4.69, 9.17) is 4.42 Å². The van der Waals surface area contributed by atoms with Crippen LogP contribution < -0.4 is 0 Å². The lowest BCUT2D eigenvalue weighted by molar-refractivity contribution is -0.140. The molecular formula is C23H17BrFNO4. The summed E-state index contributed by atoms with van der Waals surface area (Å²) in [5, 5.41) is 10.9. The summed E-state index contributed by atoms with van der Waals surface area (Å²) in [4.78, 5) is 27.1. The Hall–Kier alpha value is -3.19. The van der Waals surface area contributed by atoms with Crippen LogP contribution in [0.4, 0.5) is 4.39 Å². The number of benzene rings is 2. The first-order valence-corrected chi connectivity index (χ1v) is 9.99. The van der Waals surface area contributed by atoms with E-state index in [0.717, 1.165) is 10.5 Å². The lowest BCUT2D eigenvalue weighted by Crippen LogP contribution is -2.29. The molecule has 1 atom stereocenters. The maximum Gasteiger partial charge on any atom is 0.296 e. The van der Waals surface area contributed by atoms with Crippen LogP contribution in [0.15, 0.2) is 75.3 Å². The van der Waals surface area contributed by atoms with Gasteiger partial charge in [0.2, 0.25) is 0 Å². The van der Waals surface area contributed by atoms with Gasteiger partial charge in [-0.1, -0.05) is 40.2 Å². The number of carbonyl (C=O) groups is 2. The van der Waals surface area contributed by atoms with Gasteiger partial charge < -0.3 is 14.4 Å². The van der Waals surface area contributed by atoms with Gasteiger partial charge in [0.15, 0.2) is 0 Å². The average Bonchev–Trinajstić information content (AvgIpc) is 3.33. The van der Waals surface area contributed by atoms with Crippen LogP contribution in [0.3, 0.4) is 0 Å². The molecule has 0 bridgehead atoms. The molecule has 0 spiro atoms. The molecule has 0 aliphatic carbocycles. The number of aliphatic hydroxyl groups is 1. The van der Waals surface area contributed by atoms with E-state index in [1.165, 1.54) is 23.3 Å². The molecule has 1 aliphatic heterocycles. The molecule has 1 amide bonds. The van der Waals surface area contributed by atoms with Gasteiger partial charge in [-0.05, 0) is 48.4 Å². The van der Waals surface area contributed by atoms with E-state index in [9.17, 15) is 19.1 Å². The SMILES string of the molecule is Cc1ccc(/C(O)=C2\C(=O)C(=O)N(Cc3ccco3)C2c2ccc(Br)cc2)cc1F. The second-order valence-corrected chi connectivity index (χ2v) is 7.94. The van der Waals surface area contributed by atoms with Crippen molar-refractivity contribution in [1.29, 1.82) is 0 Å². The number of hydrogen-bond acceptors (Lipinski definition) is 4. The quantitative estimate of drug-likeness (QED) is 0.327. The van der Waals surface area contributed by atoms with Gasteiger partial charge in [-0.2, -0.15) is 0 Å². The van der Waals surface area contributed by atoms with Crippen LogP contribution in [0, 0.1) is 12.7 Å². The van der Waals surface area contributed by atoms with E-state index in [0.29, 0.717) is 16.9 Å². The van der Waals surface area contributed by atoms with Crippen LogP contribution in [-0.2, 0) is 16.1 Å². The summed E-state index contributed by atoms with van der Waals surface area (Å²) in [5.74, 6) is -2.01. The minimum Gasteiger partial charge on any atom is -0.507 e. The average molecular weight is 470 g/mol. The van der Waals surface area contributed by atoms with Crippen molar-refractivity contribution in [1.82, 2.24) is 4.90 Å². The van der Waals surface area contributed by atoms with Gasteiger partial charge in [-0.15, -0.1) is 0 Å². The van der Waals surface area contributed by atoms with Crippen LogP contribution in [0.2, 0.25) is 0 Å². The highest BCUT2D eigenvalue weighted by Crippen LogP contribution is 2.40. The predicted molar refractivity (Wildman–Crippen MR) is 112 cm³/mol. The van der Waals surface area contributed by atoms with Crippen LogP contribution in [0.25, 0.3) is 5.76 Å².